The molecule has 1 atom stereocenters. The minimum Gasteiger partial charge on any atom is -0.497 e. The van der Waals surface area contributed by atoms with Gasteiger partial charge in [-0.3, -0.25) is 4.90 Å². The Morgan fingerprint density at radius 3 is 2.70 bits per heavy atom. The molecule has 2 amide bonds. The lowest BCUT2D eigenvalue weighted by atomic mass is 9.94. The summed E-state index contributed by atoms with van der Waals surface area (Å²) in [6, 6.07) is 17.7. The maximum absolute atomic E-state index is 13.2. The zero-order valence-corrected chi connectivity index (χ0v) is 19.4. The fraction of sp³-hybridized carbons (Fsp3) is 0.125. The van der Waals surface area contributed by atoms with Gasteiger partial charge in [-0.2, -0.15) is 4.98 Å². The predicted molar refractivity (Wildman–Crippen MR) is 128 cm³/mol. The second kappa shape index (κ2) is 8.73. The molecular weight excluding hydrogens is 460 g/mol. The maximum atomic E-state index is 13.2. The summed E-state index contributed by atoms with van der Waals surface area (Å²) < 4.78 is 11.1. The van der Waals surface area contributed by atoms with Crippen molar-refractivity contribution in [3.63, 3.8) is 0 Å². The van der Waals surface area contributed by atoms with Crippen molar-refractivity contribution in [3.8, 4) is 16.5 Å². The maximum Gasteiger partial charge on any atom is 0.326 e. The fourth-order valence-corrected chi connectivity index (χ4v) is 4.61. The summed E-state index contributed by atoms with van der Waals surface area (Å²) in [5, 5.41) is 9.81. The summed E-state index contributed by atoms with van der Waals surface area (Å²) in [5.74, 6) is 1.52. The van der Waals surface area contributed by atoms with E-state index in [0.29, 0.717) is 39.4 Å². The number of halogens is 1. The van der Waals surface area contributed by atoms with Gasteiger partial charge in [0, 0.05) is 10.7 Å². The summed E-state index contributed by atoms with van der Waals surface area (Å²) in [4.78, 5) is 20.4. The van der Waals surface area contributed by atoms with Crippen LogP contribution < -0.4 is 15.0 Å². The summed E-state index contributed by atoms with van der Waals surface area (Å²) in [7, 11) is 1.61. The van der Waals surface area contributed by atoms with Crippen LogP contribution in [0.1, 0.15) is 24.4 Å². The lowest BCUT2D eigenvalue weighted by Crippen LogP contribution is -2.46. The van der Waals surface area contributed by atoms with Crippen LogP contribution in [0.15, 0.2) is 76.3 Å². The first-order valence-electron chi connectivity index (χ1n) is 10.1. The Kier molecular flexibility index (Phi) is 5.62. The van der Waals surface area contributed by atoms with Crippen LogP contribution in [0.4, 0.5) is 10.5 Å². The number of methoxy groups -OCH3 is 1. The van der Waals surface area contributed by atoms with E-state index in [4.69, 9.17) is 20.9 Å². The van der Waals surface area contributed by atoms with E-state index in [0.717, 1.165) is 10.4 Å². The molecule has 1 aliphatic heterocycles. The van der Waals surface area contributed by atoms with Crippen LogP contribution in [0, 0.1) is 0 Å². The molecule has 5 rings (SSSR count). The second-order valence-corrected chi connectivity index (χ2v) is 8.75. The van der Waals surface area contributed by atoms with Crippen LogP contribution >= 0.6 is 22.9 Å². The molecule has 0 saturated carbocycles. The smallest absolute Gasteiger partial charge is 0.326 e. The van der Waals surface area contributed by atoms with Gasteiger partial charge in [0.2, 0.25) is 5.82 Å². The Morgan fingerprint density at radius 1 is 1.15 bits per heavy atom. The topological polar surface area (TPSA) is 80.5 Å². The van der Waals surface area contributed by atoms with Crippen molar-refractivity contribution in [2.45, 2.75) is 13.0 Å². The highest BCUT2D eigenvalue weighted by molar-refractivity contribution is 7.13. The average Bonchev–Trinajstić information content (AvgIpc) is 3.52. The van der Waals surface area contributed by atoms with Crippen LogP contribution in [0.3, 0.4) is 0 Å². The van der Waals surface area contributed by atoms with Gasteiger partial charge in [0.05, 0.1) is 29.3 Å². The summed E-state index contributed by atoms with van der Waals surface area (Å²) in [6.45, 7) is 1.87. The van der Waals surface area contributed by atoms with Gasteiger partial charge < -0.3 is 14.6 Å². The minimum atomic E-state index is -0.507. The molecule has 0 aliphatic carbocycles. The van der Waals surface area contributed by atoms with Crippen LogP contribution in [0.2, 0.25) is 5.02 Å². The van der Waals surface area contributed by atoms with Gasteiger partial charge in [-0.05, 0) is 60.3 Å². The number of ether oxygens (including phenoxy) is 1. The SMILES string of the molecule is COc1cccc(C2NC(=O)N(c3ccc(Cl)cc3)C(C)=C2c2nc(-c3cccs3)no2)c1. The van der Waals surface area contributed by atoms with Crippen molar-refractivity contribution in [2.24, 2.45) is 0 Å². The number of aromatic nitrogens is 2. The molecule has 3 heterocycles. The molecule has 2 aromatic heterocycles. The monoisotopic (exact) mass is 478 g/mol. The number of nitrogens with one attached hydrogen (secondary N) is 1. The number of allylic oxidation sites excluding steroid dienone is 1. The van der Waals surface area contributed by atoms with E-state index >= 15 is 0 Å². The van der Waals surface area contributed by atoms with E-state index in [1.807, 2.05) is 48.7 Å². The van der Waals surface area contributed by atoms with E-state index in [1.54, 1.807) is 36.3 Å². The Labute approximate surface area is 199 Å². The van der Waals surface area contributed by atoms with Crippen molar-refractivity contribution in [2.75, 3.05) is 12.0 Å². The molecular formula is C24H19ClN4O3S. The lowest BCUT2D eigenvalue weighted by molar-refractivity contribution is 0.244. The standard InChI is InChI=1S/C24H19ClN4O3S/c1-14-20(23-27-22(28-32-23)19-7-4-12-33-19)21(15-5-3-6-18(13-15)31-2)26-24(30)29(14)17-10-8-16(25)9-11-17/h3-13,21H,1-2H3,(H,26,30). The van der Waals surface area contributed by atoms with E-state index in [1.165, 1.54) is 11.3 Å². The Balaban J connectivity index is 1.66. The van der Waals surface area contributed by atoms with Gasteiger partial charge in [0.15, 0.2) is 0 Å². The highest BCUT2D eigenvalue weighted by Gasteiger charge is 2.36. The van der Waals surface area contributed by atoms with E-state index in [9.17, 15) is 4.79 Å². The quantitative estimate of drug-likeness (QED) is 0.371. The van der Waals surface area contributed by atoms with Crippen molar-refractivity contribution in [1.29, 1.82) is 0 Å². The number of nitrogens with zero attached hydrogens (tertiary/aromatic N) is 3. The molecule has 1 N–H and O–H groups in total. The zero-order chi connectivity index (χ0) is 22.9. The van der Waals surface area contributed by atoms with Crippen LogP contribution in [0.5, 0.6) is 5.75 Å². The second-order valence-electron chi connectivity index (χ2n) is 7.37. The average molecular weight is 479 g/mol. The number of urea groups is 1. The third kappa shape index (κ3) is 3.99. The molecule has 0 bridgehead atoms. The molecule has 33 heavy (non-hydrogen) atoms. The number of amides is 2. The summed E-state index contributed by atoms with van der Waals surface area (Å²) in [6.07, 6.45) is 0. The highest BCUT2D eigenvalue weighted by Crippen LogP contribution is 2.40. The number of hydrogen-bond acceptors (Lipinski definition) is 6. The minimum absolute atomic E-state index is 0.274. The third-order valence-corrected chi connectivity index (χ3v) is 6.51. The third-order valence-electron chi connectivity index (χ3n) is 5.39. The Bertz CT molecular complexity index is 1330. The first kappa shape index (κ1) is 21.2. The van der Waals surface area contributed by atoms with Gasteiger partial charge >= 0.3 is 6.03 Å². The zero-order valence-electron chi connectivity index (χ0n) is 17.8. The molecule has 7 nitrogen and oxygen atoms in total. The molecule has 166 valence electrons. The van der Waals surface area contributed by atoms with E-state index < -0.39 is 6.04 Å². The Hall–Kier alpha value is -3.62. The van der Waals surface area contributed by atoms with E-state index in [-0.39, 0.29) is 6.03 Å². The number of rotatable bonds is 5. The van der Waals surface area contributed by atoms with Crippen molar-refractivity contribution >= 4 is 40.2 Å². The van der Waals surface area contributed by atoms with Crippen molar-refractivity contribution in [3.05, 3.63) is 88.2 Å². The number of anilines is 1. The van der Waals surface area contributed by atoms with Crippen LogP contribution in [-0.4, -0.2) is 23.3 Å². The van der Waals surface area contributed by atoms with Crippen molar-refractivity contribution < 1.29 is 14.1 Å². The molecule has 1 unspecified atom stereocenters. The molecule has 2 aromatic carbocycles. The number of thiophene rings is 1. The van der Waals surface area contributed by atoms with Gasteiger partial charge in [0.25, 0.3) is 5.89 Å². The molecule has 4 aromatic rings. The first-order chi connectivity index (χ1) is 16.0. The highest BCUT2D eigenvalue weighted by atomic mass is 35.5. The predicted octanol–water partition coefficient (Wildman–Crippen LogP) is 6.16. The van der Waals surface area contributed by atoms with Crippen LogP contribution in [-0.2, 0) is 0 Å². The number of benzene rings is 2. The van der Waals surface area contributed by atoms with Gasteiger partial charge in [-0.1, -0.05) is 35.0 Å². The normalized spacial score (nSPS) is 16.2. The fourth-order valence-electron chi connectivity index (χ4n) is 3.83. The van der Waals surface area contributed by atoms with Crippen LogP contribution in [0.25, 0.3) is 16.3 Å². The van der Waals surface area contributed by atoms with E-state index in [2.05, 4.69) is 15.5 Å². The van der Waals surface area contributed by atoms with Gasteiger partial charge in [0.1, 0.15) is 5.75 Å². The van der Waals surface area contributed by atoms with Crippen molar-refractivity contribution in [1.82, 2.24) is 15.5 Å². The molecule has 9 heteroatoms. The molecule has 1 aliphatic rings. The number of carbonyl (C=O) groups is 1. The van der Waals surface area contributed by atoms with Gasteiger partial charge in [-0.25, -0.2) is 4.79 Å². The summed E-state index contributed by atoms with van der Waals surface area (Å²) in [5.41, 5.74) is 2.89. The number of carbonyl (C=O) groups excluding carboxylic acids is 1. The lowest BCUT2D eigenvalue weighted by Gasteiger charge is -2.35. The first-order valence-corrected chi connectivity index (χ1v) is 11.4. The molecule has 0 spiro atoms. The molecule has 0 saturated heterocycles. The number of hydrogen-bond donors (Lipinski definition) is 1. The molecule has 0 fully saturated rings. The Morgan fingerprint density at radius 2 is 1.97 bits per heavy atom. The molecule has 0 radical (unpaired) electrons. The largest absolute Gasteiger partial charge is 0.497 e. The summed E-state index contributed by atoms with van der Waals surface area (Å²) >= 11 is 7.58. The van der Waals surface area contributed by atoms with Gasteiger partial charge in [-0.15, -0.1) is 11.3 Å².